The largest absolute Gasteiger partial charge is 0.465 e. The van der Waals surface area contributed by atoms with Crippen LogP contribution in [0.15, 0.2) is 12.4 Å². The van der Waals surface area contributed by atoms with Crippen molar-refractivity contribution in [1.82, 2.24) is 15.3 Å². The monoisotopic (exact) mass is 307 g/mol. The predicted octanol–water partition coefficient (Wildman–Crippen LogP) is 0.834. The lowest BCUT2D eigenvalue weighted by atomic mass is 10.0. The molecule has 1 saturated carbocycles. The van der Waals surface area contributed by atoms with Crippen molar-refractivity contribution < 1.29 is 19.1 Å². The maximum Gasteiger partial charge on any atom is 0.341 e. The van der Waals surface area contributed by atoms with E-state index in [1.54, 1.807) is 7.05 Å². The summed E-state index contributed by atoms with van der Waals surface area (Å²) in [6.07, 6.45) is 3.30. The maximum absolute atomic E-state index is 12.6. The van der Waals surface area contributed by atoms with E-state index in [1.165, 1.54) is 19.5 Å². The SMILES string of the molecule is CNC1CC1(C(=O)OC(C)(C)C)c1ncc(C(=O)OC)cn1. The molecule has 0 amide bonds. The normalized spacial score (nSPS) is 23.8. The molecule has 0 bridgehead atoms. The van der Waals surface area contributed by atoms with E-state index in [0.717, 1.165) is 0 Å². The van der Waals surface area contributed by atoms with Gasteiger partial charge in [-0.1, -0.05) is 0 Å². The number of carbonyl (C=O) groups is 2. The topological polar surface area (TPSA) is 90.4 Å². The Labute approximate surface area is 129 Å². The number of likely N-dealkylation sites (N-methyl/N-ethyl adjacent to an activating group) is 1. The summed E-state index contributed by atoms with van der Waals surface area (Å²) in [5, 5.41) is 3.07. The first kappa shape index (κ1) is 16.4. The van der Waals surface area contributed by atoms with Gasteiger partial charge in [0.05, 0.1) is 12.7 Å². The van der Waals surface area contributed by atoms with Crippen LogP contribution in [0, 0.1) is 0 Å². The Morgan fingerprint density at radius 1 is 1.32 bits per heavy atom. The van der Waals surface area contributed by atoms with Crippen LogP contribution >= 0.6 is 0 Å². The number of rotatable bonds is 4. The Kier molecular flexibility index (Phi) is 4.19. The van der Waals surface area contributed by atoms with Crippen molar-refractivity contribution in [3.8, 4) is 0 Å². The zero-order chi connectivity index (χ0) is 16.5. The highest BCUT2D eigenvalue weighted by Crippen LogP contribution is 2.48. The molecule has 0 aromatic carbocycles. The van der Waals surface area contributed by atoms with Gasteiger partial charge >= 0.3 is 11.9 Å². The Hall–Kier alpha value is -2.02. The van der Waals surface area contributed by atoms with E-state index in [2.05, 4.69) is 20.0 Å². The molecule has 1 fully saturated rings. The van der Waals surface area contributed by atoms with E-state index < -0.39 is 17.0 Å². The smallest absolute Gasteiger partial charge is 0.341 e. The van der Waals surface area contributed by atoms with Crippen LogP contribution in [0.4, 0.5) is 0 Å². The zero-order valence-corrected chi connectivity index (χ0v) is 13.5. The second-order valence-corrected chi connectivity index (χ2v) is 6.31. The number of aromatic nitrogens is 2. The average Bonchev–Trinajstić information content (AvgIpc) is 3.21. The van der Waals surface area contributed by atoms with E-state index in [-0.39, 0.29) is 17.6 Å². The van der Waals surface area contributed by atoms with Crippen LogP contribution in [0.3, 0.4) is 0 Å². The predicted molar refractivity (Wildman–Crippen MR) is 78.4 cm³/mol. The highest BCUT2D eigenvalue weighted by atomic mass is 16.6. The minimum absolute atomic E-state index is 0.0775. The molecule has 7 nitrogen and oxygen atoms in total. The van der Waals surface area contributed by atoms with Crippen molar-refractivity contribution >= 4 is 11.9 Å². The number of carbonyl (C=O) groups excluding carboxylic acids is 2. The maximum atomic E-state index is 12.6. The molecule has 0 radical (unpaired) electrons. The van der Waals surface area contributed by atoms with Gasteiger partial charge in [-0.15, -0.1) is 0 Å². The van der Waals surface area contributed by atoms with Gasteiger partial charge in [0.15, 0.2) is 0 Å². The van der Waals surface area contributed by atoms with E-state index in [1.807, 2.05) is 20.8 Å². The van der Waals surface area contributed by atoms with E-state index in [0.29, 0.717) is 12.2 Å². The van der Waals surface area contributed by atoms with Crippen molar-refractivity contribution in [2.75, 3.05) is 14.2 Å². The van der Waals surface area contributed by atoms with Crippen LogP contribution in [0.1, 0.15) is 43.4 Å². The second kappa shape index (κ2) is 5.64. The Morgan fingerprint density at radius 2 is 1.91 bits per heavy atom. The summed E-state index contributed by atoms with van der Waals surface area (Å²) in [6, 6.07) is -0.0775. The third-order valence-electron chi connectivity index (χ3n) is 3.54. The van der Waals surface area contributed by atoms with Crippen molar-refractivity contribution in [1.29, 1.82) is 0 Å². The molecular weight excluding hydrogens is 286 g/mol. The lowest BCUT2D eigenvalue weighted by Crippen LogP contribution is -2.37. The molecule has 1 aromatic rings. The summed E-state index contributed by atoms with van der Waals surface area (Å²) in [5.74, 6) is -0.516. The molecular formula is C15H21N3O4. The molecule has 22 heavy (non-hydrogen) atoms. The average molecular weight is 307 g/mol. The number of hydrogen-bond donors (Lipinski definition) is 1. The van der Waals surface area contributed by atoms with Gasteiger partial charge in [-0.2, -0.15) is 0 Å². The quantitative estimate of drug-likeness (QED) is 0.824. The Balaban J connectivity index is 2.29. The summed E-state index contributed by atoms with van der Waals surface area (Å²) in [5.41, 5.74) is -1.24. The fraction of sp³-hybridized carbons (Fsp3) is 0.600. The van der Waals surface area contributed by atoms with Gasteiger partial charge in [0.1, 0.15) is 16.8 Å². The van der Waals surface area contributed by atoms with Crippen LogP contribution in [-0.2, 0) is 19.7 Å². The third-order valence-corrected chi connectivity index (χ3v) is 3.54. The van der Waals surface area contributed by atoms with E-state index in [4.69, 9.17) is 4.74 Å². The standard InChI is InChI=1S/C15H21N3O4/c1-14(2,3)22-13(20)15(6-10(15)16-4)12-17-7-9(8-18-12)11(19)21-5/h7-8,10,16H,6H2,1-5H3. The number of hydrogen-bond acceptors (Lipinski definition) is 7. The molecule has 0 saturated heterocycles. The highest BCUT2D eigenvalue weighted by Gasteiger charge is 2.65. The number of esters is 2. The molecule has 7 heteroatoms. The van der Waals surface area contributed by atoms with Crippen molar-refractivity contribution in [2.45, 2.75) is 44.2 Å². The van der Waals surface area contributed by atoms with Gasteiger partial charge in [-0.05, 0) is 34.2 Å². The van der Waals surface area contributed by atoms with Crippen molar-refractivity contribution in [2.24, 2.45) is 0 Å². The van der Waals surface area contributed by atoms with Gasteiger partial charge in [0.2, 0.25) is 0 Å². The summed E-state index contributed by atoms with van der Waals surface area (Å²) in [6.45, 7) is 5.45. The molecule has 2 atom stereocenters. The highest BCUT2D eigenvalue weighted by molar-refractivity contribution is 5.89. The minimum Gasteiger partial charge on any atom is -0.465 e. The molecule has 120 valence electrons. The number of methoxy groups -OCH3 is 1. The molecule has 2 rings (SSSR count). The third kappa shape index (κ3) is 2.94. The van der Waals surface area contributed by atoms with Crippen molar-refractivity contribution in [3.05, 3.63) is 23.8 Å². The first-order valence-corrected chi connectivity index (χ1v) is 7.06. The van der Waals surface area contributed by atoms with Gasteiger partial charge in [0.25, 0.3) is 0 Å². The zero-order valence-electron chi connectivity index (χ0n) is 13.5. The molecule has 1 aliphatic carbocycles. The molecule has 1 aromatic heterocycles. The summed E-state index contributed by atoms with van der Waals surface area (Å²) < 4.78 is 10.1. The lowest BCUT2D eigenvalue weighted by molar-refractivity contribution is -0.158. The van der Waals surface area contributed by atoms with Crippen LogP contribution in [0.25, 0.3) is 0 Å². The van der Waals surface area contributed by atoms with Gasteiger partial charge in [-0.25, -0.2) is 14.8 Å². The van der Waals surface area contributed by atoms with Gasteiger partial charge < -0.3 is 14.8 Å². The van der Waals surface area contributed by atoms with E-state index in [9.17, 15) is 9.59 Å². The van der Waals surface area contributed by atoms with Gasteiger partial charge in [0, 0.05) is 18.4 Å². The molecule has 1 heterocycles. The van der Waals surface area contributed by atoms with Crippen LogP contribution in [0.5, 0.6) is 0 Å². The molecule has 1 aliphatic rings. The van der Waals surface area contributed by atoms with Gasteiger partial charge in [-0.3, -0.25) is 4.79 Å². The second-order valence-electron chi connectivity index (χ2n) is 6.31. The van der Waals surface area contributed by atoms with Crippen LogP contribution in [0.2, 0.25) is 0 Å². The number of nitrogens with zero attached hydrogens (tertiary/aromatic N) is 2. The summed E-state index contributed by atoms with van der Waals surface area (Å²) in [4.78, 5) is 32.3. The lowest BCUT2D eigenvalue weighted by Gasteiger charge is -2.23. The first-order chi connectivity index (χ1) is 10.2. The summed E-state index contributed by atoms with van der Waals surface area (Å²) >= 11 is 0. The Morgan fingerprint density at radius 3 is 2.32 bits per heavy atom. The number of ether oxygens (including phenoxy) is 2. The fourth-order valence-corrected chi connectivity index (χ4v) is 2.33. The number of nitrogens with one attached hydrogen (secondary N) is 1. The minimum atomic E-state index is -0.892. The molecule has 1 N–H and O–H groups in total. The summed E-state index contributed by atoms with van der Waals surface area (Å²) in [7, 11) is 3.07. The fourth-order valence-electron chi connectivity index (χ4n) is 2.33. The molecule has 0 spiro atoms. The molecule has 0 aliphatic heterocycles. The first-order valence-electron chi connectivity index (χ1n) is 7.06. The van der Waals surface area contributed by atoms with Crippen LogP contribution < -0.4 is 5.32 Å². The molecule has 2 unspecified atom stereocenters. The Bertz CT molecular complexity index is 579. The van der Waals surface area contributed by atoms with Crippen LogP contribution in [-0.4, -0.2) is 47.7 Å². The van der Waals surface area contributed by atoms with E-state index >= 15 is 0 Å². The van der Waals surface area contributed by atoms with Crippen molar-refractivity contribution in [3.63, 3.8) is 0 Å².